The summed E-state index contributed by atoms with van der Waals surface area (Å²) in [6.07, 6.45) is -0.639. The zero-order valence-electron chi connectivity index (χ0n) is 8.93. The molecule has 1 unspecified atom stereocenters. The number of hydrogen-bond acceptors (Lipinski definition) is 1. The fraction of sp³-hybridized carbons (Fsp3) is 0.0714. The summed E-state index contributed by atoms with van der Waals surface area (Å²) in [5, 5.41) is 10.1. The van der Waals surface area contributed by atoms with Crippen LogP contribution in [0.4, 0.5) is 0 Å². The van der Waals surface area contributed by atoms with Crippen molar-refractivity contribution >= 4 is 0 Å². The summed E-state index contributed by atoms with van der Waals surface area (Å²) in [5.74, 6) is 0. The second-order valence-corrected chi connectivity index (χ2v) is 3.42. The second-order valence-electron chi connectivity index (χ2n) is 3.42. The molecule has 1 N–H and O–H groups in total. The van der Waals surface area contributed by atoms with E-state index in [4.69, 9.17) is 0 Å². The molecule has 1 atom stereocenters. The predicted octanol–water partition coefficient (Wildman–Crippen LogP) is 2.75. The molecule has 0 aromatic heterocycles. The second kappa shape index (κ2) is 6.19. The van der Waals surface area contributed by atoms with Gasteiger partial charge in [-0.15, -0.1) is 23.3 Å². The van der Waals surface area contributed by atoms with Gasteiger partial charge in [0.1, 0.15) is 0 Å². The van der Waals surface area contributed by atoms with Crippen LogP contribution in [0.2, 0.25) is 0 Å². The molecule has 0 heterocycles. The van der Waals surface area contributed by atoms with E-state index in [1.807, 2.05) is 42.5 Å². The molecule has 0 bridgehead atoms. The van der Waals surface area contributed by atoms with Crippen LogP contribution in [0.1, 0.15) is 22.8 Å². The molecular formula is C14H12OY-2. The third-order valence-electron chi connectivity index (χ3n) is 2.38. The van der Waals surface area contributed by atoms with Gasteiger partial charge in [-0.2, -0.15) is 48.9 Å². The molecule has 0 aliphatic heterocycles. The van der Waals surface area contributed by atoms with Gasteiger partial charge in [0.15, 0.2) is 0 Å². The Labute approximate surface area is 121 Å². The van der Waals surface area contributed by atoms with Crippen LogP contribution in [0, 0.1) is 13.0 Å². The fourth-order valence-corrected chi connectivity index (χ4v) is 1.55. The quantitative estimate of drug-likeness (QED) is 0.841. The molecule has 0 amide bonds. The number of benzene rings is 2. The third-order valence-corrected chi connectivity index (χ3v) is 2.38. The largest absolute Gasteiger partial charge is 0.398 e. The molecule has 0 saturated heterocycles. The number of aliphatic hydroxyl groups excluding tert-OH is 1. The van der Waals surface area contributed by atoms with Crippen LogP contribution in [0.3, 0.4) is 0 Å². The van der Waals surface area contributed by atoms with Gasteiger partial charge in [-0.1, -0.05) is 6.07 Å². The Kier molecular flexibility index (Phi) is 5.20. The van der Waals surface area contributed by atoms with Crippen LogP contribution in [0.15, 0.2) is 48.5 Å². The van der Waals surface area contributed by atoms with Crippen molar-refractivity contribution in [2.45, 2.75) is 6.10 Å². The molecule has 0 fully saturated rings. The average molecular weight is 285 g/mol. The van der Waals surface area contributed by atoms with Gasteiger partial charge in [-0.05, 0) is 0 Å². The molecule has 1 radical (unpaired) electrons. The molecule has 0 saturated carbocycles. The van der Waals surface area contributed by atoms with Crippen molar-refractivity contribution in [2.24, 2.45) is 0 Å². The van der Waals surface area contributed by atoms with E-state index in [-0.39, 0.29) is 32.7 Å². The third kappa shape index (κ3) is 2.94. The molecule has 2 rings (SSSR count). The van der Waals surface area contributed by atoms with E-state index in [2.05, 4.69) is 13.0 Å². The minimum Gasteiger partial charge on any atom is -0.398 e. The normalized spacial score (nSPS) is 11.6. The van der Waals surface area contributed by atoms with Gasteiger partial charge >= 0.3 is 0 Å². The fourth-order valence-electron chi connectivity index (χ4n) is 1.55. The SMILES string of the molecule is [CH2-]c1ccccc1C(O)c1[c-]cccc1.[Y]. The Morgan fingerprint density at radius 2 is 1.75 bits per heavy atom. The van der Waals surface area contributed by atoms with E-state index in [9.17, 15) is 5.11 Å². The van der Waals surface area contributed by atoms with Gasteiger partial charge in [0.2, 0.25) is 0 Å². The van der Waals surface area contributed by atoms with Gasteiger partial charge in [0.25, 0.3) is 0 Å². The van der Waals surface area contributed by atoms with Crippen LogP contribution >= 0.6 is 0 Å². The van der Waals surface area contributed by atoms with Crippen molar-refractivity contribution in [3.8, 4) is 0 Å². The van der Waals surface area contributed by atoms with Crippen molar-refractivity contribution in [3.63, 3.8) is 0 Å². The van der Waals surface area contributed by atoms with Gasteiger partial charge in [0, 0.05) is 38.8 Å². The Hall–Kier alpha value is -0.626. The maximum Gasteiger partial charge on any atom is 0.0383 e. The van der Waals surface area contributed by atoms with E-state index in [0.717, 1.165) is 16.7 Å². The molecule has 2 heteroatoms. The summed E-state index contributed by atoms with van der Waals surface area (Å²) in [7, 11) is 0. The maximum atomic E-state index is 10.1. The van der Waals surface area contributed by atoms with E-state index in [1.165, 1.54) is 0 Å². The van der Waals surface area contributed by atoms with Crippen molar-refractivity contribution in [3.05, 3.63) is 78.2 Å². The summed E-state index contributed by atoms with van der Waals surface area (Å²) < 4.78 is 0. The van der Waals surface area contributed by atoms with Crippen LogP contribution in [0.5, 0.6) is 0 Å². The molecule has 2 aromatic rings. The summed E-state index contributed by atoms with van der Waals surface area (Å²) in [4.78, 5) is 0. The van der Waals surface area contributed by atoms with E-state index in [0.29, 0.717) is 0 Å². The molecule has 2 aromatic carbocycles. The summed E-state index contributed by atoms with van der Waals surface area (Å²) in [5.41, 5.74) is 2.45. The van der Waals surface area contributed by atoms with E-state index >= 15 is 0 Å². The number of aliphatic hydroxyl groups is 1. The smallest absolute Gasteiger partial charge is 0.0383 e. The topological polar surface area (TPSA) is 20.2 Å². The first-order valence-electron chi connectivity index (χ1n) is 4.84. The van der Waals surface area contributed by atoms with Gasteiger partial charge in [-0.25, -0.2) is 0 Å². The maximum absolute atomic E-state index is 10.1. The van der Waals surface area contributed by atoms with Gasteiger partial charge in [0.05, 0.1) is 0 Å². The van der Waals surface area contributed by atoms with Gasteiger partial charge < -0.3 is 5.11 Å². The predicted molar refractivity (Wildman–Crippen MR) is 60.2 cm³/mol. The first kappa shape index (κ1) is 13.4. The monoisotopic (exact) mass is 285 g/mol. The Morgan fingerprint density at radius 3 is 2.38 bits per heavy atom. The van der Waals surface area contributed by atoms with Crippen LogP contribution < -0.4 is 0 Å². The molecule has 79 valence electrons. The van der Waals surface area contributed by atoms with Crippen LogP contribution in [0.25, 0.3) is 0 Å². The average Bonchev–Trinajstić information content (AvgIpc) is 2.30. The Morgan fingerprint density at radius 1 is 1.06 bits per heavy atom. The van der Waals surface area contributed by atoms with Crippen molar-refractivity contribution < 1.29 is 37.8 Å². The zero-order valence-corrected chi connectivity index (χ0v) is 11.8. The van der Waals surface area contributed by atoms with Crippen molar-refractivity contribution in [2.75, 3.05) is 0 Å². The van der Waals surface area contributed by atoms with Gasteiger partial charge in [-0.3, -0.25) is 0 Å². The summed E-state index contributed by atoms with van der Waals surface area (Å²) >= 11 is 0. The van der Waals surface area contributed by atoms with Crippen molar-refractivity contribution in [1.82, 2.24) is 0 Å². The molecule has 1 nitrogen and oxygen atoms in total. The first-order chi connectivity index (χ1) is 7.29. The number of rotatable bonds is 2. The van der Waals surface area contributed by atoms with E-state index in [1.54, 1.807) is 6.07 Å². The molecule has 16 heavy (non-hydrogen) atoms. The molecule has 0 aliphatic carbocycles. The molecule has 0 spiro atoms. The molecule has 0 aliphatic rings. The standard InChI is InChI=1S/C14H12O.Y/c1-11-7-5-6-10-13(11)14(15)12-8-3-2-4-9-12;/h2-8,10,14-15H,1H2;/q-2;. The summed E-state index contributed by atoms with van der Waals surface area (Å²) in [6, 6.07) is 18.0. The Bertz CT molecular complexity index is 439. The Balaban J connectivity index is 0.00000128. The molecular weight excluding hydrogens is 273 g/mol. The first-order valence-corrected chi connectivity index (χ1v) is 4.84. The number of hydrogen-bond donors (Lipinski definition) is 1. The minimum atomic E-state index is -0.639. The minimum absolute atomic E-state index is 0. The van der Waals surface area contributed by atoms with Crippen LogP contribution in [-0.4, -0.2) is 5.11 Å². The summed E-state index contributed by atoms with van der Waals surface area (Å²) in [6.45, 7) is 3.89. The van der Waals surface area contributed by atoms with Crippen molar-refractivity contribution in [1.29, 1.82) is 0 Å². The van der Waals surface area contributed by atoms with Crippen LogP contribution in [-0.2, 0) is 32.7 Å². The van der Waals surface area contributed by atoms with E-state index < -0.39 is 6.10 Å². The zero-order chi connectivity index (χ0) is 10.7.